The minimum absolute atomic E-state index is 0.0283. The summed E-state index contributed by atoms with van der Waals surface area (Å²) in [5.74, 6) is -5.65. The summed E-state index contributed by atoms with van der Waals surface area (Å²) < 4.78 is 37.3. The van der Waals surface area contributed by atoms with Crippen LogP contribution in [0.2, 0.25) is 0 Å². The van der Waals surface area contributed by atoms with E-state index >= 15 is 0 Å². The van der Waals surface area contributed by atoms with Gasteiger partial charge in [-0.2, -0.15) is 13.2 Å². The average molecular weight is 789 g/mol. The largest absolute Gasteiger partial charge is 0.490 e. The molecule has 5 atom stereocenters. The van der Waals surface area contributed by atoms with Gasteiger partial charge in [-0.15, -0.1) is 0 Å². The highest BCUT2D eigenvalue weighted by Crippen LogP contribution is 2.26. The summed E-state index contributed by atoms with van der Waals surface area (Å²) in [6.45, 7) is 10.8. The van der Waals surface area contributed by atoms with E-state index < -0.39 is 53.5 Å². The van der Waals surface area contributed by atoms with E-state index in [4.69, 9.17) is 20.4 Å². The van der Waals surface area contributed by atoms with Crippen LogP contribution in [0.5, 0.6) is 0 Å². The van der Waals surface area contributed by atoms with Gasteiger partial charge in [-0.3, -0.25) is 33.7 Å². The van der Waals surface area contributed by atoms with E-state index in [-0.39, 0.29) is 54.1 Å². The molecule has 14 nitrogen and oxygen atoms in total. The molecule has 1 heterocycles. The highest BCUT2D eigenvalue weighted by molar-refractivity contribution is 6.12. The van der Waals surface area contributed by atoms with Gasteiger partial charge in [-0.25, -0.2) is 9.59 Å². The van der Waals surface area contributed by atoms with E-state index in [1.54, 1.807) is 20.8 Å². The molecule has 2 aliphatic rings. The van der Waals surface area contributed by atoms with Crippen LogP contribution >= 0.6 is 0 Å². The number of nitrogens with two attached hydrogens (primary N) is 1. The summed E-state index contributed by atoms with van der Waals surface area (Å²) in [6, 6.07) is -1.93. The molecule has 1 aliphatic heterocycles. The van der Waals surface area contributed by atoms with Gasteiger partial charge in [0.1, 0.15) is 29.3 Å². The Morgan fingerprint density at radius 3 is 1.95 bits per heavy atom. The number of rotatable bonds is 21. The molecular formula is C38H59F3N4O10. The number of Topliss-reactive ketones (excluding diaryl/α,β-unsaturated/α-hetero) is 2. The molecule has 1 aliphatic carbocycles. The Balaban J connectivity index is 0.00000196. The van der Waals surface area contributed by atoms with E-state index in [1.165, 1.54) is 24.0 Å². The van der Waals surface area contributed by atoms with Crippen LogP contribution in [0.4, 0.5) is 13.2 Å². The molecule has 0 aromatic rings. The zero-order valence-electron chi connectivity index (χ0n) is 32.8. The summed E-state index contributed by atoms with van der Waals surface area (Å²) >= 11 is 0. The Bertz CT molecular complexity index is 1370. The summed E-state index contributed by atoms with van der Waals surface area (Å²) in [4.78, 5) is 98.0. The Labute approximate surface area is 320 Å². The van der Waals surface area contributed by atoms with Crippen molar-refractivity contribution in [2.75, 3.05) is 6.54 Å². The zero-order valence-corrected chi connectivity index (χ0v) is 32.8. The van der Waals surface area contributed by atoms with Crippen molar-refractivity contribution >= 4 is 47.1 Å². The number of esters is 1. The third-order valence-electron chi connectivity index (χ3n) is 9.23. The van der Waals surface area contributed by atoms with Crippen LogP contribution in [-0.4, -0.2) is 93.6 Å². The monoisotopic (exact) mass is 788 g/mol. The third kappa shape index (κ3) is 18.8. The molecule has 0 aromatic heterocycles. The molecule has 55 heavy (non-hydrogen) atoms. The molecule has 5 N–H and O–H groups in total. The van der Waals surface area contributed by atoms with E-state index in [0.29, 0.717) is 57.9 Å². The number of aliphatic carboxylic acids is 1. The molecule has 4 amide bonds. The molecule has 1 saturated carbocycles. The third-order valence-corrected chi connectivity index (χ3v) is 9.23. The van der Waals surface area contributed by atoms with Gasteiger partial charge < -0.3 is 26.2 Å². The van der Waals surface area contributed by atoms with Crippen LogP contribution in [0.3, 0.4) is 0 Å². The molecule has 0 bridgehead atoms. The lowest BCUT2D eigenvalue weighted by molar-refractivity contribution is -0.192. The average Bonchev–Trinajstić information content (AvgIpc) is 3.64. The molecular weight excluding hydrogens is 729 g/mol. The van der Waals surface area contributed by atoms with Crippen molar-refractivity contribution in [3.63, 3.8) is 0 Å². The Morgan fingerprint density at radius 2 is 1.44 bits per heavy atom. The van der Waals surface area contributed by atoms with Gasteiger partial charge in [0.05, 0.1) is 0 Å². The number of halogens is 3. The first-order valence-corrected chi connectivity index (χ1v) is 18.9. The fourth-order valence-electron chi connectivity index (χ4n) is 6.10. The fraction of sp³-hybridized carbons (Fsp3) is 0.737. The fourth-order valence-corrected chi connectivity index (χ4v) is 6.10. The second-order valence-corrected chi connectivity index (χ2v) is 15.5. The first-order chi connectivity index (χ1) is 25.4. The normalized spacial score (nSPS) is 18.6. The van der Waals surface area contributed by atoms with Crippen molar-refractivity contribution in [3.05, 3.63) is 12.2 Å². The molecule has 0 unspecified atom stereocenters. The van der Waals surface area contributed by atoms with Gasteiger partial charge >= 0.3 is 18.1 Å². The van der Waals surface area contributed by atoms with Crippen LogP contribution in [0.1, 0.15) is 125 Å². The Kier molecular flexibility index (Phi) is 20.5. The highest BCUT2D eigenvalue weighted by Gasteiger charge is 2.38. The number of nitrogens with zero attached hydrogens (tertiary/aromatic N) is 1. The molecule has 0 spiro atoms. The number of hydrogen-bond donors (Lipinski definition) is 4. The summed E-state index contributed by atoms with van der Waals surface area (Å²) in [5.41, 5.74) is 5.31. The minimum Gasteiger partial charge on any atom is -0.475 e. The summed E-state index contributed by atoms with van der Waals surface area (Å²) in [7, 11) is 0. The SMILES string of the molecule is CC(C)[C@H](CC(=O)CCCCCN1C(=O)C=CC1=O)C(=O)N[C@@H](C)C(=O)N[C@@H](CCCCCC(=O)[C@@H]1CCC[C@@H]1N)C(=O)OC(C)(C)C.O=C(O)C(F)(F)F. The topological polar surface area (TPSA) is 219 Å². The number of alkyl halides is 3. The molecule has 1 fully saturated rings. The summed E-state index contributed by atoms with van der Waals surface area (Å²) in [6.07, 6.45) is 5.00. The predicted octanol–water partition coefficient (Wildman–Crippen LogP) is 4.31. The van der Waals surface area contributed by atoms with Crippen molar-refractivity contribution in [1.82, 2.24) is 15.5 Å². The van der Waals surface area contributed by atoms with Gasteiger partial charge in [0.2, 0.25) is 11.8 Å². The molecule has 0 radical (unpaired) electrons. The second kappa shape index (κ2) is 23.0. The quantitative estimate of drug-likeness (QED) is 0.0729. The molecule has 312 valence electrons. The lowest BCUT2D eigenvalue weighted by Crippen LogP contribution is -2.52. The molecule has 2 rings (SSSR count). The van der Waals surface area contributed by atoms with Gasteiger partial charge in [-0.05, 0) is 72.1 Å². The Hall–Kier alpha value is -4.15. The van der Waals surface area contributed by atoms with Crippen molar-refractivity contribution < 1.29 is 61.4 Å². The maximum Gasteiger partial charge on any atom is 0.490 e. The first-order valence-electron chi connectivity index (χ1n) is 18.9. The predicted molar refractivity (Wildman–Crippen MR) is 195 cm³/mol. The molecule has 17 heteroatoms. The number of ether oxygens (including phenoxy) is 1. The van der Waals surface area contributed by atoms with Crippen LogP contribution in [0, 0.1) is 17.8 Å². The van der Waals surface area contributed by atoms with Gasteiger partial charge in [0.25, 0.3) is 11.8 Å². The number of carboxylic acid groups (broad SMARTS) is 1. The van der Waals surface area contributed by atoms with Crippen LogP contribution in [0.25, 0.3) is 0 Å². The number of carbonyl (C=O) groups excluding carboxylic acids is 7. The first kappa shape index (κ1) is 48.9. The molecule has 0 aromatic carbocycles. The van der Waals surface area contributed by atoms with E-state index in [0.717, 1.165) is 19.3 Å². The van der Waals surface area contributed by atoms with Gasteiger partial charge in [0, 0.05) is 55.8 Å². The minimum atomic E-state index is -5.08. The molecule has 0 saturated heterocycles. The second-order valence-electron chi connectivity index (χ2n) is 15.5. The number of nitrogens with one attached hydrogen (secondary N) is 2. The lowest BCUT2D eigenvalue weighted by Gasteiger charge is -2.26. The smallest absolute Gasteiger partial charge is 0.475 e. The Morgan fingerprint density at radius 1 is 0.873 bits per heavy atom. The number of imide groups is 1. The van der Waals surface area contributed by atoms with Crippen LogP contribution < -0.4 is 16.4 Å². The lowest BCUT2D eigenvalue weighted by atomic mass is 9.88. The maximum absolute atomic E-state index is 13.2. The van der Waals surface area contributed by atoms with Crippen molar-refractivity contribution in [1.29, 1.82) is 0 Å². The van der Waals surface area contributed by atoms with E-state index in [9.17, 15) is 46.7 Å². The van der Waals surface area contributed by atoms with Crippen LogP contribution in [-0.2, 0) is 43.1 Å². The van der Waals surface area contributed by atoms with Gasteiger partial charge in [0.15, 0.2) is 0 Å². The van der Waals surface area contributed by atoms with Crippen molar-refractivity contribution in [3.8, 4) is 0 Å². The van der Waals surface area contributed by atoms with Crippen molar-refractivity contribution in [2.24, 2.45) is 23.5 Å². The van der Waals surface area contributed by atoms with Crippen LogP contribution in [0.15, 0.2) is 12.2 Å². The van der Waals surface area contributed by atoms with E-state index in [2.05, 4.69) is 10.6 Å². The summed E-state index contributed by atoms with van der Waals surface area (Å²) in [5, 5.41) is 12.6. The van der Waals surface area contributed by atoms with Crippen molar-refractivity contribution in [2.45, 2.75) is 155 Å². The number of carbonyl (C=O) groups is 8. The van der Waals surface area contributed by atoms with E-state index in [1.807, 2.05) is 13.8 Å². The number of unbranched alkanes of at least 4 members (excludes halogenated alkanes) is 4. The van der Waals surface area contributed by atoms with Gasteiger partial charge in [-0.1, -0.05) is 39.5 Å². The maximum atomic E-state index is 13.2. The zero-order chi connectivity index (χ0) is 42.1. The number of amides is 4. The number of hydrogen-bond acceptors (Lipinski definition) is 10. The number of carboxylic acids is 1. The standard InChI is InChI=1S/C36H58N4O8.C2HF3O2/c1-23(2)27(22-25(41)14-9-8-12-21-40-31(43)19-20-32(40)44)34(46)38-24(3)33(45)39-29(35(47)48-36(4,5)6)17-10-7-11-18-30(42)26-15-13-16-28(26)37;3-2(4,5)1(6)7/h19-20,23-24,26-29H,7-18,21-22,37H2,1-6H3,(H,38,46)(H,39,45);(H,6,7)/t24-,26+,27-,28-,29-;/m0./s1. The number of ketones is 2. The highest BCUT2D eigenvalue weighted by atomic mass is 19.4.